The molecule has 1 unspecified atom stereocenters. The number of hydrogen-bond donors (Lipinski definition) is 3. The van der Waals surface area contributed by atoms with E-state index in [0.29, 0.717) is 13.0 Å². The molecule has 0 saturated carbocycles. The molecule has 0 aliphatic heterocycles. The number of unbranched alkanes of at least 4 members (excludes halogenated alkanes) is 2. The van der Waals surface area contributed by atoms with Gasteiger partial charge in [-0.05, 0) is 19.8 Å². The van der Waals surface area contributed by atoms with E-state index < -0.39 is 5.97 Å². The molecule has 1 atom stereocenters. The minimum atomic E-state index is -0.929. The van der Waals surface area contributed by atoms with Gasteiger partial charge in [0, 0.05) is 19.0 Å². The Hall–Kier alpha value is -1.70. The van der Waals surface area contributed by atoms with Crippen LogP contribution in [0, 0.1) is 12.3 Å². The second kappa shape index (κ2) is 8.60. The maximum Gasteiger partial charge on any atom is 0.315 e. The SMILES string of the molecule is C#CCCCCNC(=O)NC(C)CC(=O)O. The lowest BCUT2D eigenvalue weighted by atomic mass is 10.2. The van der Waals surface area contributed by atoms with E-state index in [1.54, 1.807) is 6.92 Å². The van der Waals surface area contributed by atoms with Crippen LogP contribution in [0.5, 0.6) is 0 Å². The van der Waals surface area contributed by atoms with Crippen molar-refractivity contribution < 1.29 is 14.7 Å². The lowest BCUT2D eigenvalue weighted by Crippen LogP contribution is -2.41. The molecule has 0 aromatic rings. The summed E-state index contributed by atoms with van der Waals surface area (Å²) in [6.45, 7) is 2.19. The maximum atomic E-state index is 11.2. The first-order valence-electron chi connectivity index (χ1n) is 5.26. The van der Waals surface area contributed by atoms with Crippen molar-refractivity contribution in [3.63, 3.8) is 0 Å². The highest BCUT2D eigenvalue weighted by Gasteiger charge is 2.09. The van der Waals surface area contributed by atoms with Crippen LogP contribution in [-0.4, -0.2) is 29.7 Å². The van der Waals surface area contributed by atoms with E-state index in [9.17, 15) is 9.59 Å². The van der Waals surface area contributed by atoms with E-state index in [4.69, 9.17) is 11.5 Å². The van der Waals surface area contributed by atoms with Crippen LogP contribution >= 0.6 is 0 Å². The van der Waals surface area contributed by atoms with Crippen molar-refractivity contribution in [2.45, 2.75) is 38.6 Å². The number of rotatable bonds is 7. The number of carbonyl (C=O) groups is 2. The molecule has 0 fully saturated rings. The maximum absolute atomic E-state index is 11.2. The Morgan fingerprint density at radius 3 is 2.69 bits per heavy atom. The zero-order chi connectivity index (χ0) is 12.4. The summed E-state index contributed by atoms with van der Waals surface area (Å²) in [5, 5.41) is 13.6. The van der Waals surface area contributed by atoms with Crippen LogP contribution in [0.25, 0.3) is 0 Å². The average molecular weight is 226 g/mol. The van der Waals surface area contributed by atoms with E-state index in [-0.39, 0.29) is 18.5 Å². The zero-order valence-corrected chi connectivity index (χ0v) is 9.45. The van der Waals surface area contributed by atoms with Crippen LogP contribution in [0.4, 0.5) is 4.79 Å². The molecule has 5 heteroatoms. The van der Waals surface area contributed by atoms with Gasteiger partial charge in [0.2, 0.25) is 0 Å². The number of carboxylic acid groups (broad SMARTS) is 1. The van der Waals surface area contributed by atoms with Gasteiger partial charge in [-0.25, -0.2) is 4.79 Å². The fraction of sp³-hybridized carbons (Fsp3) is 0.636. The predicted octanol–water partition coefficient (Wildman–Crippen LogP) is 0.952. The van der Waals surface area contributed by atoms with Crippen molar-refractivity contribution in [3.05, 3.63) is 0 Å². The number of urea groups is 1. The molecule has 0 rings (SSSR count). The summed E-state index contributed by atoms with van der Waals surface area (Å²) in [4.78, 5) is 21.5. The molecule has 0 spiro atoms. The van der Waals surface area contributed by atoms with E-state index >= 15 is 0 Å². The summed E-state index contributed by atoms with van der Waals surface area (Å²) in [5.74, 6) is 1.59. The number of nitrogens with one attached hydrogen (secondary N) is 2. The van der Waals surface area contributed by atoms with Crippen molar-refractivity contribution in [3.8, 4) is 12.3 Å². The third kappa shape index (κ3) is 8.88. The highest BCUT2D eigenvalue weighted by molar-refractivity contribution is 5.75. The van der Waals surface area contributed by atoms with Crippen molar-refractivity contribution in [1.29, 1.82) is 0 Å². The summed E-state index contributed by atoms with van der Waals surface area (Å²) in [6, 6.07) is -0.710. The van der Waals surface area contributed by atoms with Gasteiger partial charge in [-0.15, -0.1) is 12.3 Å². The molecule has 0 aromatic heterocycles. The number of carbonyl (C=O) groups excluding carboxylic acids is 1. The van der Waals surface area contributed by atoms with Crippen LogP contribution in [-0.2, 0) is 4.79 Å². The highest BCUT2D eigenvalue weighted by atomic mass is 16.4. The van der Waals surface area contributed by atoms with E-state index in [1.807, 2.05) is 0 Å². The third-order valence-electron chi connectivity index (χ3n) is 1.89. The van der Waals surface area contributed by atoms with Gasteiger partial charge in [0.25, 0.3) is 0 Å². The largest absolute Gasteiger partial charge is 0.481 e. The Labute approximate surface area is 95.6 Å². The smallest absolute Gasteiger partial charge is 0.315 e. The van der Waals surface area contributed by atoms with Crippen molar-refractivity contribution >= 4 is 12.0 Å². The Morgan fingerprint density at radius 2 is 2.12 bits per heavy atom. The fourth-order valence-corrected chi connectivity index (χ4v) is 1.14. The number of aliphatic carboxylic acids is 1. The first kappa shape index (κ1) is 14.3. The Morgan fingerprint density at radius 1 is 1.44 bits per heavy atom. The summed E-state index contributed by atoms with van der Waals surface area (Å²) >= 11 is 0. The standard InChI is InChI=1S/C11H18N2O3/c1-3-4-5-6-7-12-11(16)13-9(2)8-10(14)15/h1,9H,4-8H2,2H3,(H,14,15)(H2,12,13,16). The van der Waals surface area contributed by atoms with Crippen LogP contribution in [0.1, 0.15) is 32.6 Å². The minimum absolute atomic E-state index is 0.0789. The van der Waals surface area contributed by atoms with Gasteiger partial charge in [-0.1, -0.05) is 0 Å². The molecular formula is C11H18N2O3. The van der Waals surface area contributed by atoms with E-state index in [0.717, 1.165) is 12.8 Å². The molecule has 0 bridgehead atoms. The quantitative estimate of drug-likeness (QED) is 0.447. The highest BCUT2D eigenvalue weighted by Crippen LogP contribution is 1.92. The van der Waals surface area contributed by atoms with Crippen LogP contribution in [0.15, 0.2) is 0 Å². The molecule has 16 heavy (non-hydrogen) atoms. The number of hydrogen-bond acceptors (Lipinski definition) is 2. The Kier molecular flexibility index (Phi) is 7.68. The van der Waals surface area contributed by atoms with E-state index in [2.05, 4.69) is 16.6 Å². The zero-order valence-electron chi connectivity index (χ0n) is 9.45. The van der Waals surface area contributed by atoms with Gasteiger partial charge >= 0.3 is 12.0 Å². The Balaban J connectivity index is 3.51. The fourth-order valence-electron chi connectivity index (χ4n) is 1.14. The monoisotopic (exact) mass is 226 g/mol. The summed E-state index contributed by atoms with van der Waals surface area (Å²) in [5.41, 5.74) is 0. The van der Waals surface area contributed by atoms with Gasteiger partial charge in [-0.2, -0.15) is 0 Å². The number of terminal acetylenes is 1. The van der Waals surface area contributed by atoms with Gasteiger partial charge in [0.15, 0.2) is 0 Å². The average Bonchev–Trinajstić information content (AvgIpc) is 2.15. The molecule has 0 aromatic carbocycles. The molecule has 0 aliphatic carbocycles. The van der Waals surface area contributed by atoms with Crippen molar-refractivity contribution in [1.82, 2.24) is 10.6 Å². The van der Waals surface area contributed by atoms with Gasteiger partial charge in [-0.3, -0.25) is 4.79 Å². The molecule has 5 nitrogen and oxygen atoms in total. The minimum Gasteiger partial charge on any atom is -0.481 e. The first-order chi connectivity index (χ1) is 7.56. The first-order valence-corrected chi connectivity index (χ1v) is 5.26. The molecule has 0 saturated heterocycles. The second-order valence-electron chi connectivity index (χ2n) is 3.56. The van der Waals surface area contributed by atoms with Gasteiger partial charge in [0.1, 0.15) is 0 Å². The lowest BCUT2D eigenvalue weighted by molar-refractivity contribution is -0.137. The molecule has 0 radical (unpaired) electrons. The molecule has 2 amide bonds. The third-order valence-corrected chi connectivity index (χ3v) is 1.89. The normalized spacial score (nSPS) is 11.2. The number of carboxylic acids is 1. The molecule has 0 heterocycles. The predicted molar refractivity (Wildman–Crippen MR) is 60.9 cm³/mol. The molecule has 0 aliphatic rings. The van der Waals surface area contributed by atoms with Crippen LogP contribution < -0.4 is 10.6 Å². The molecular weight excluding hydrogens is 208 g/mol. The summed E-state index contributed by atoms with van der Waals surface area (Å²) in [6.07, 6.45) is 7.41. The van der Waals surface area contributed by atoms with Gasteiger partial charge < -0.3 is 15.7 Å². The molecule has 90 valence electrons. The van der Waals surface area contributed by atoms with Crippen LogP contribution in [0.3, 0.4) is 0 Å². The van der Waals surface area contributed by atoms with Gasteiger partial charge in [0.05, 0.1) is 6.42 Å². The van der Waals surface area contributed by atoms with Crippen molar-refractivity contribution in [2.24, 2.45) is 0 Å². The summed E-state index contributed by atoms with van der Waals surface area (Å²) < 4.78 is 0. The van der Waals surface area contributed by atoms with Crippen LogP contribution in [0.2, 0.25) is 0 Å². The molecule has 3 N–H and O–H groups in total. The second-order valence-corrected chi connectivity index (χ2v) is 3.56. The Bertz CT molecular complexity index is 271. The topological polar surface area (TPSA) is 78.4 Å². The van der Waals surface area contributed by atoms with E-state index in [1.165, 1.54) is 0 Å². The lowest BCUT2D eigenvalue weighted by Gasteiger charge is -2.12. The van der Waals surface area contributed by atoms with Crippen molar-refractivity contribution in [2.75, 3.05) is 6.54 Å². The number of amides is 2. The summed E-state index contributed by atoms with van der Waals surface area (Å²) in [7, 11) is 0.